The van der Waals surface area contributed by atoms with Gasteiger partial charge in [0, 0.05) is 6.26 Å². The van der Waals surface area contributed by atoms with Gasteiger partial charge in [0.1, 0.15) is 0 Å². The summed E-state index contributed by atoms with van der Waals surface area (Å²) in [5.41, 5.74) is 0. The fourth-order valence-corrected chi connectivity index (χ4v) is 4.99. The minimum absolute atomic E-state index is 0.0503. The van der Waals surface area contributed by atoms with Crippen molar-refractivity contribution in [1.82, 2.24) is 0 Å². The summed E-state index contributed by atoms with van der Waals surface area (Å²) in [7, 11) is -6.89. The Bertz CT molecular complexity index is 661. The van der Waals surface area contributed by atoms with E-state index in [1.165, 1.54) is 24.3 Å². The van der Waals surface area contributed by atoms with Crippen LogP contribution < -0.4 is 0 Å². The fraction of sp³-hybridized carbons (Fsp3) is 0.600. The van der Waals surface area contributed by atoms with E-state index in [0.29, 0.717) is 12.8 Å². The Morgan fingerprint density at radius 3 is 2.10 bits per heavy atom. The molecule has 0 saturated heterocycles. The van der Waals surface area contributed by atoms with E-state index in [1.54, 1.807) is 0 Å². The molecular weight excluding hydrogens is 308 g/mol. The SMILES string of the molecule is CCCCC(CCC)S(=O)(=O)c1cccc(S(C)(=O)=O)c1. The van der Waals surface area contributed by atoms with E-state index in [1.807, 2.05) is 13.8 Å². The lowest BCUT2D eigenvalue weighted by Crippen LogP contribution is -2.21. The second kappa shape index (κ2) is 7.40. The van der Waals surface area contributed by atoms with Crippen molar-refractivity contribution in [2.75, 3.05) is 6.26 Å². The second-order valence-electron chi connectivity index (χ2n) is 5.34. The van der Waals surface area contributed by atoms with Crippen LogP contribution in [0.2, 0.25) is 0 Å². The molecule has 0 fully saturated rings. The highest BCUT2D eigenvalue weighted by molar-refractivity contribution is 7.92. The second-order valence-corrected chi connectivity index (χ2v) is 9.59. The van der Waals surface area contributed by atoms with Crippen molar-refractivity contribution in [3.63, 3.8) is 0 Å². The summed E-state index contributed by atoms with van der Waals surface area (Å²) in [4.78, 5) is 0.161. The van der Waals surface area contributed by atoms with Gasteiger partial charge < -0.3 is 0 Å². The number of hydrogen-bond donors (Lipinski definition) is 0. The van der Waals surface area contributed by atoms with Gasteiger partial charge in [0.25, 0.3) is 0 Å². The van der Waals surface area contributed by atoms with Crippen LogP contribution in [0.1, 0.15) is 46.0 Å². The zero-order chi connectivity index (χ0) is 16.1. The molecule has 0 heterocycles. The molecule has 0 spiro atoms. The average Bonchev–Trinajstić information content (AvgIpc) is 2.42. The monoisotopic (exact) mass is 332 g/mol. The molecule has 0 bridgehead atoms. The first-order chi connectivity index (χ1) is 9.73. The Balaban J connectivity index is 3.21. The molecule has 0 aliphatic rings. The standard InChI is InChI=1S/C15H24O4S2/c1-4-6-9-13(8-5-2)21(18,19)15-11-7-10-14(12-15)20(3,16)17/h7,10-13H,4-6,8-9H2,1-3H3. The first kappa shape index (κ1) is 18.2. The molecule has 21 heavy (non-hydrogen) atoms. The molecular formula is C15H24O4S2. The van der Waals surface area contributed by atoms with E-state index in [2.05, 4.69) is 0 Å². The maximum atomic E-state index is 12.7. The van der Waals surface area contributed by atoms with E-state index in [-0.39, 0.29) is 9.79 Å². The minimum Gasteiger partial charge on any atom is -0.224 e. The maximum Gasteiger partial charge on any atom is 0.181 e. The third kappa shape index (κ3) is 4.81. The van der Waals surface area contributed by atoms with E-state index >= 15 is 0 Å². The molecule has 1 atom stereocenters. The summed E-state index contributed by atoms with van der Waals surface area (Å²) in [6, 6.07) is 5.68. The van der Waals surface area contributed by atoms with Crippen LogP contribution in [0.3, 0.4) is 0 Å². The van der Waals surface area contributed by atoms with Crippen LogP contribution in [-0.4, -0.2) is 28.3 Å². The van der Waals surface area contributed by atoms with Crippen molar-refractivity contribution < 1.29 is 16.8 Å². The van der Waals surface area contributed by atoms with Crippen LogP contribution in [0.15, 0.2) is 34.1 Å². The van der Waals surface area contributed by atoms with Crippen molar-refractivity contribution in [2.24, 2.45) is 0 Å². The Hall–Kier alpha value is -0.880. The quantitative estimate of drug-likeness (QED) is 0.733. The minimum atomic E-state index is -3.48. The predicted octanol–water partition coefficient (Wildman–Crippen LogP) is 3.22. The summed E-state index contributed by atoms with van der Waals surface area (Å²) in [5, 5.41) is -0.433. The van der Waals surface area contributed by atoms with Crippen LogP contribution in [0.4, 0.5) is 0 Å². The van der Waals surface area contributed by atoms with E-state index < -0.39 is 24.9 Å². The first-order valence-corrected chi connectivity index (χ1v) is 10.7. The third-order valence-corrected chi connectivity index (χ3v) is 6.86. The molecule has 0 saturated carbocycles. The molecule has 0 aromatic heterocycles. The lowest BCUT2D eigenvalue weighted by atomic mass is 10.1. The van der Waals surface area contributed by atoms with Gasteiger partial charge in [0.05, 0.1) is 15.0 Å². The van der Waals surface area contributed by atoms with Gasteiger partial charge >= 0.3 is 0 Å². The van der Waals surface area contributed by atoms with E-state index in [9.17, 15) is 16.8 Å². The number of rotatable bonds is 8. The Kier molecular flexibility index (Phi) is 6.41. The Morgan fingerprint density at radius 1 is 0.952 bits per heavy atom. The van der Waals surface area contributed by atoms with Crippen LogP contribution in [0.25, 0.3) is 0 Å². The zero-order valence-electron chi connectivity index (χ0n) is 12.9. The summed E-state index contributed by atoms with van der Waals surface area (Å²) in [6.45, 7) is 3.99. The van der Waals surface area contributed by atoms with Gasteiger partial charge in [0.15, 0.2) is 19.7 Å². The highest BCUT2D eigenvalue weighted by atomic mass is 32.2. The summed E-state index contributed by atoms with van der Waals surface area (Å²) < 4.78 is 48.6. The molecule has 1 unspecified atom stereocenters. The van der Waals surface area contributed by atoms with Gasteiger partial charge in [-0.05, 0) is 31.0 Å². The molecule has 1 aromatic rings. The lowest BCUT2D eigenvalue weighted by molar-refractivity contribution is 0.547. The highest BCUT2D eigenvalue weighted by Crippen LogP contribution is 2.25. The molecule has 120 valence electrons. The molecule has 0 aliphatic carbocycles. The normalized spacial score (nSPS) is 14.0. The predicted molar refractivity (Wildman–Crippen MR) is 85.0 cm³/mol. The third-order valence-electron chi connectivity index (χ3n) is 3.49. The molecule has 0 N–H and O–H groups in total. The van der Waals surface area contributed by atoms with Gasteiger partial charge in [0.2, 0.25) is 0 Å². The summed E-state index contributed by atoms with van der Waals surface area (Å²) in [6.07, 6.45) is 4.90. The molecule has 0 radical (unpaired) electrons. The molecule has 1 aromatic carbocycles. The van der Waals surface area contributed by atoms with E-state index in [0.717, 1.165) is 25.5 Å². The Labute approximate surface area is 128 Å². The van der Waals surface area contributed by atoms with Gasteiger partial charge in [-0.25, -0.2) is 16.8 Å². The number of unbranched alkanes of at least 4 members (excludes halogenated alkanes) is 1. The van der Waals surface area contributed by atoms with Crippen LogP contribution in [0, 0.1) is 0 Å². The molecule has 6 heteroatoms. The Morgan fingerprint density at radius 2 is 1.57 bits per heavy atom. The summed E-state index contributed by atoms with van der Waals surface area (Å²) >= 11 is 0. The average molecular weight is 332 g/mol. The van der Waals surface area contributed by atoms with Crippen molar-refractivity contribution in [3.05, 3.63) is 24.3 Å². The van der Waals surface area contributed by atoms with Crippen molar-refractivity contribution in [3.8, 4) is 0 Å². The molecule has 4 nitrogen and oxygen atoms in total. The maximum absolute atomic E-state index is 12.7. The smallest absolute Gasteiger partial charge is 0.181 e. The van der Waals surface area contributed by atoms with Crippen LogP contribution in [-0.2, 0) is 19.7 Å². The fourth-order valence-electron chi connectivity index (χ4n) is 2.28. The molecule has 0 aliphatic heterocycles. The number of sulfone groups is 2. The van der Waals surface area contributed by atoms with Crippen molar-refractivity contribution in [1.29, 1.82) is 0 Å². The van der Waals surface area contributed by atoms with Crippen molar-refractivity contribution in [2.45, 2.75) is 61.0 Å². The lowest BCUT2D eigenvalue weighted by Gasteiger charge is -2.17. The number of hydrogen-bond acceptors (Lipinski definition) is 4. The van der Waals surface area contributed by atoms with E-state index in [4.69, 9.17) is 0 Å². The molecule has 1 rings (SSSR count). The summed E-state index contributed by atoms with van der Waals surface area (Å²) in [5.74, 6) is 0. The van der Waals surface area contributed by atoms with Crippen molar-refractivity contribution >= 4 is 19.7 Å². The van der Waals surface area contributed by atoms with Crippen LogP contribution >= 0.6 is 0 Å². The van der Waals surface area contributed by atoms with Gasteiger partial charge in [-0.15, -0.1) is 0 Å². The van der Waals surface area contributed by atoms with Gasteiger partial charge in [-0.3, -0.25) is 0 Å². The molecule has 0 amide bonds. The van der Waals surface area contributed by atoms with Gasteiger partial charge in [-0.2, -0.15) is 0 Å². The van der Waals surface area contributed by atoms with Crippen LogP contribution in [0.5, 0.6) is 0 Å². The first-order valence-electron chi connectivity index (χ1n) is 7.27. The van der Waals surface area contributed by atoms with Gasteiger partial charge in [-0.1, -0.05) is 39.2 Å². The number of benzene rings is 1. The topological polar surface area (TPSA) is 68.3 Å². The highest BCUT2D eigenvalue weighted by Gasteiger charge is 2.27. The largest absolute Gasteiger partial charge is 0.224 e. The zero-order valence-corrected chi connectivity index (χ0v) is 14.5.